The third-order valence-corrected chi connectivity index (χ3v) is 2.90. The molecule has 1 N–H and O–H groups in total. The zero-order valence-corrected chi connectivity index (χ0v) is 9.24. The molecule has 1 fully saturated rings. The van der Waals surface area contributed by atoms with Crippen LogP contribution in [0.3, 0.4) is 0 Å². The van der Waals surface area contributed by atoms with Crippen molar-refractivity contribution in [2.24, 2.45) is 0 Å². The summed E-state index contributed by atoms with van der Waals surface area (Å²) in [4.78, 5) is 13.5. The summed E-state index contributed by atoms with van der Waals surface area (Å²) in [6, 6.07) is 6.37. The van der Waals surface area contributed by atoms with E-state index in [9.17, 15) is 9.18 Å². The van der Waals surface area contributed by atoms with Gasteiger partial charge < -0.3 is 5.32 Å². The average molecular weight is 222 g/mol. The van der Waals surface area contributed by atoms with Crippen LogP contribution in [0.1, 0.15) is 12.5 Å². The lowest BCUT2D eigenvalue weighted by atomic mass is 10.1. The number of nitrogens with one attached hydrogen (secondary N) is 1. The van der Waals surface area contributed by atoms with E-state index < -0.39 is 0 Å². The number of carbonyl (C=O) groups is 1. The van der Waals surface area contributed by atoms with Gasteiger partial charge in [-0.2, -0.15) is 0 Å². The minimum Gasteiger partial charge on any atom is -0.353 e. The summed E-state index contributed by atoms with van der Waals surface area (Å²) in [6.07, 6.45) is 0. The van der Waals surface area contributed by atoms with Crippen LogP contribution >= 0.6 is 0 Å². The molecule has 0 aliphatic carbocycles. The molecule has 1 aromatic rings. The van der Waals surface area contributed by atoms with Gasteiger partial charge >= 0.3 is 0 Å². The maximum Gasteiger partial charge on any atom is 0.237 e. The number of amides is 1. The molecule has 3 nitrogen and oxygen atoms in total. The molecule has 1 amide bonds. The SMILES string of the molecule is C[C@@H]1C(=O)NCCN1Cc1cccc(F)c1. The molecule has 1 aromatic carbocycles. The van der Waals surface area contributed by atoms with E-state index in [0.29, 0.717) is 13.1 Å². The van der Waals surface area contributed by atoms with Gasteiger partial charge in [0.1, 0.15) is 5.82 Å². The average Bonchev–Trinajstić information content (AvgIpc) is 2.25. The van der Waals surface area contributed by atoms with Crippen molar-refractivity contribution in [1.82, 2.24) is 10.2 Å². The molecule has 0 radical (unpaired) electrons. The van der Waals surface area contributed by atoms with E-state index in [1.165, 1.54) is 12.1 Å². The van der Waals surface area contributed by atoms with Crippen LogP contribution in [0.5, 0.6) is 0 Å². The van der Waals surface area contributed by atoms with Crippen molar-refractivity contribution in [3.05, 3.63) is 35.6 Å². The molecule has 0 spiro atoms. The molecule has 1 atom stereocenters. The third kappa shape index (κ3) is 2.39. The lowest BCUT2D eigenvalue weighted by Crippen LogP contribution is -2.53. The number of nitrogens with zero attached hydrogens (tertiary/aromatic N) is 1. The van der Waals surface area contributed by atoms with Gasteiger partial charge in [0.05, 0.1) is 6.04 Å². The van der Waals surface area contributed by atoms with Gasteiger partial charge in [0, 0.05) is 19.6 Å². The summed E-state index contributed by atoms with van der Waals surface area (Å²) in [6.45, 7) is 3.96. The van der Waals surface area contributed by atoms with Gasteiger partial charge in [0.15, 0.2) is 0 Å². The minimum absolute atomic E-state index is 0.0441. The molecule has 1 aliphatic rings. The van der Waals surface area contributed by atoms with Crippen molar-refractivity contribution in [1.29, 1.82) is 0 Å². The second kappa shape index (κ2) is 4.61. The standard InChI is InChI=1S/C12H15FN2O/c1-9-12(16)14-5-6-15(9)8-10-3-2-4-11(13)7-10/h2-4,7,9H,5-6,8H2,1H3,(H,14,16)/t9-/m1/s1. The predicted octanol–water partition coefficient (Wildman–Crippen LogP) is 1.15. The monoisotopic (exact) mass is 222 g/mol. The van der Waals surface area contributed by atoms with E-state index in [1.807, 2.05) is 17.9 Å². The molecule has 1 aliphatic heterocycles. The molecule has 0 saturated carbocycles. The van der Waals surface area contributed by atoms with Gasteiger partial charge in [-0.3, -0.25) is 9.69 Å². The second-order valence-corrected chi connectivity index (χ2v) is 4.07. The number of hydrogen-bond donors (Lipinski definition) is 1. The maximum atomic E-state index is 13.0. The molecule has 1 heterocycles. The van der Waals surface area contributed by atoms with Crippen molar-refractivity contribution in [3.8, 4) is 0 Å². The van der Waals surface area contributed by atoms with E-state index in [0.717, 1.165) is 12.1 Å². The fraction of sp³-hybridized carbons (Fsp3) is 0.417. The van der Waals surface area contributed by atoms with Gasteiger partial charge in [0.2, 0.25) is 5.91 Å². The quantitative estimate of drug-likeness (QED) is 0.814. The van der Waals surface area contributed by atoms with Crippen LogP contribution in [0.15, 0.2) is 24.3 Å². The van der Waals surface area contributed by atoms with Crippen LogP contribution < -0.4 is 5.32 Å². The van der Waals surface area contributed by atoms with Crippen molar-refractivity contribution in [3.63, 3.8) is 0 Å². The lowest BCUT2D eigenvalue weighted by molar-refractivity contribution is -0.128. The number of carbonyl (C=O) groups excluding carboxylic acids is 1. The topological polar surface area (TPSA) is 32.3 Å². The first kappa shape index (κ1) is 11.1. The number of halogens is 1. The van der Waals surface area contributed by atoms with E-state index >= 15 is 0 Å². The highest BCUT2D eigenvalue weighted by Crippen LogP contribution is 2.11. The summed E-state index contributed by atoms with van der Waals surface area (Å²) < 4.78 is 13.0. The Morgan fingerprint density at radius 2 is 2.38 bits per heavy atom. The van der Waals surface area contributed by atoms with Crippen LogP contribution in [0.4, 0.5) is 4.39 Å². The molecule has 86 valence electrons. The highest BCUT2D eigenvalue weighted by molar-refractivity contribution is 5.81. The van der Waals surface area contributed by atoms with Crippen molar-refractivity contribution >= 4 is 5.91 Å². The molecular formula is C12H15FN2O. The van der Waals surface area contributed by atoms with Crippen LogP contribution in [-0.2, 0) is 11.3 Å². The van der Waals surface area contributed by atoms with Gasteiger partial charge in [-0.15, -0.1) is 0 Å². The predicted molar refractivity (Wildman–Crippen MR) is 59.3 cm³/mol. The Labute approximate surface area is 94.3 Å². The van der Waals surface area contributed by atoms with E-state index in [-0.39, 0.29) is 17.8 Å². The number of benzene rings is 1. The smallest absolute Gasteiger partial charge is 0.237 e. The first-order valence-corrected chi connectivity index (χ1v) is 5.43. The molecule has 0 unspecified atom stereocenters. The summed E-state index contributed by atoms with van der Waals surface area (Å²) >= 11 is 0. The van der Waals surface area contributed by atoms with E-state index in [4.69, 9.17) is 0 Å². The first-order valence-electron chi connectivity index (χ1n) is 5.43. The summed E-state index contributed by atoms with van der Waals surface area (Å²) in [5.41, 5.74) is 0.904. The Morgan fingerprint density at radius 3 is 3.12 bits per heavy atom. The van der Waals surface area contributed by atoms with Gasteiger partial charge in [-0.1, -0.05) is 12.1 Å². The second-order valence-electron chi connectivity index (χ2n) is 4.07. The Balaban J connectivity index is 2.06. The third-order valence-electron chi connectivity index (χ3n) is 2.90. The summed E-state index contributed by atoms with van der Waals surface area (Å²) in [5, 5.41) is 2.80. The van der Waals surface area contributed by atoms with Crippen LogP contribution in [0.25, 0.3) is 0 Å². The molecule has 2 rings (SSSR count). The van der Waals surface area contributed by atoms with Crippen LogP contribution in [0, 0.1) is 5.82 Å². The van der Waals surface area contributed by atoms with Crippen LogP contribution in [0.2, 0.25) is 0 Å². The molecule has 0 bridgehead atoms. The van der Waals surface area contributed by atoms with Crippen molar-refractivity contribution < 1.29 is 9.18 Å². The molecule has 4 heteroatoms. The zero-order chi connectivity index (χ0) is 11.5. The Bertz CT molecular complexity index is 394. The number of hydrogen-bond acceptors (Lipinski definition) is 2. The Kier molecular flexibility index (Phi) is 3.19. The number of rotatable bonds is 2. The Hall–Kier alpha value is -1.42. The zero-order valence-electron chi connectivity index (χ0n) is 9.24. The fourth-order valence-electron chi connectivity index (χ4n) is 1.92. The van der Waals surface area contributed by atoms with Gasteiger partial charge in [0.25, 0.3) is 0 Å². The van der Waals surface area contributed by atoms with E-state index in [2.05, 4.69) is 5.32 Å². The highest BCUT2D eigenvalue weighted by atomic mass is 19.1. The van der Waals surface area contributed by atoms with Crippen molar-refractivity contribution in [2.75, 3.05) is 13.1 Å². The first-order chi connectivity index (χ1) is 7.66. The normalized spacial score (nSPS) is 21.9. The fourth-order valence-corrected chi connectivity index (χ4v) is 1.92. The summed E-state index contributed by atoms with van der Waals surface area (Å²) in [5.74, 6) is -0.186. The van der Waals surface area contributed by atoms with Gasteiger partial charge in [-0.25, -0.2) is 4.39 Å². The lowest BCUT2D eigenvalue weighted by Gasteiger charge is -2.32. The molecule has 0 aromatic heterocycles. The molecule has 16 heavy (non-hydrogen) atoms. The number of piperazine rings is 1. The maximum absolute atomic E-state index is 13.0. The van der Waals surface area contributed by atoms with Gasteiger partial charge in [-0.05, 0) is 24.6 Å². The van der Waals surface area contributed by atoms with Crippen molar-refractivity contribution in [2.45, 2.75) is 19.5 Å². The Morgan fingerprint density at radius 1 is 1.56 bits per heavy atom. The molecular weight excluding hydrogens is 207 g/mol. The minimum atomic E-state index is -0.230. The van der Waals surface area contributed by atoms with E-state index in [1.54, 1.807) is 6.07 Å². The molecule has 1 saturated heterocycles. The largest absolute Gasteiger partial charge is 0.353 e. The van der Waals surface area contributed by atoms with Crippen LogP contribution in [-0.4, -0.2) is 29.9 Å². The summed E-state index contributed by atoms with van der Waals surface area (Å²) in [7, 11) is 0. The highest BCUT2D eigenvalue weighted by Gasteiger charge is 2.24.